The number of imide groups is 1. The molecular formula is C22H22F3N7O3S. The van der Waals surface area contributed by atoms with Crippen LogP contribution in [-0.4, -0.2) is 52.1 Å². The number of hydrogen-bond donors (Lipinski definition) is 4. The maximum absolute atomic E-state index is 12.3. The molecule has 10 nitrogen and oxygen atoms in total. The SMILES string of the molecule is C=CC(=Nc1c(/C=C2\NC(=O)NC2=O)cnn1CNC1CC1)c1ccc(C(=O)NCCC(F)(F)F)s1. The van der Waals surface area contributed by atoms with E-state index in [1.165, 1.54) is 24.4 Å². The Kier molecular flexibility index (Phi) is 7.35. The van der Waals surface area contributed by atoms with E-state index in [1.54, 1.807) is 10.7 Å². The van der Waals surface area contributed by atoms with Gasteiger partial charge in [-0.05, 0) is 37.1 Å². The van der Waals surface area contributed by atoms with Crippen molar-refractivity contribution in [3.05, 3.63) is 52.0 Å². The highest BCUT2D eigenvalue weighted by atomic mass is 32.1. The van der Waals surface area contributed by atoms with Gasteiger partial charge in [0.2, 0.25) is 0 Å². The molecule has 0 atom stereocenters. The molecule has 2 aromatic rings. The van der Waals surface area contributed by atoms with E-state index in [2.05, 4.69) is 37.9 Å². The Hall–Kier alpha value is -3.78. The van der Waals surface area contributed by atoms with Crippen LogP contribution in [0.3, 0.4) is 0 Å². The molecule has 1 aliphatic heterocycles. The molecule has 14 heteroatoms. The molecule has 3 heterocycles. The zero-order valence-corrected chi connectivity index (χ0v) is 19.6. The smallest absolute Gasteiger partial charge is 0.351 e. The van der Waals surface area contributed by atoms with Crippen LogP contribution in [0.15, 0.2) is 41.7 Å². The van der Waals surface area contributed by atoms with E-state index < -0.39 is 37.0 Å². The Morgan fingerprint density at radius 2 is 2.03 bits per heavy atom. The summed E-state index contributed by atoms with van der Waals surface area (Å²) in [6.07, 6.45) is 1.08. The van der Waals surface area contributed by atoms with Crippen molar-refractivity contribution in [2.24, 2.45) is 4.99 Å². The van der Waals surface area contributed by atoms with Crippen LogP contribution in [0.5, 0.6) is 0 Å². The fourth-order valence-corrected chi connectivity index (χ4v) is 4.10. The molecular weight excluding hydrogens is 499 g/mol. The highest BCUT2D eigenvalue weighted by molar-refractivity contribution is 7.16. The average molecular weight is 522 g/mol. The number of nitrogens with zero attached hydrogens (tertiary/aromatic N) is 3. The third kappa shape index (κ3) is 6.46. The maximum atomic E-state index is 12.3. The number of halogens is 3. The molecule has 2 aliphatic rings. The van der Waals surface area contributed by atoms with Crippen LogP contribution in [0.4, 0.5) is 23.8 Å². The van der Waals surface area contributed by atoms with Gasteiger partial charge in [-0.3, -0.25) is 20.2 Å². The van der Waals surface area contributed by atoms with Gasteiger partial charge in [0.25, 0.3) is 11.8 Å². The number of aromatic nitrogens is 2. The van der Waals surface area contributed by atoms with E-state index in [1.807, 2.05) is 0 Å². The minimum atomic E-state index is -4.36. The van der Waals surface area contributed by atoms with Gasteiger partial charge in [0.15, 0.2) is 5.82 Å². The molecule has 4 amide bonds. The standard InChI is InChI=1S/C22H22F3N7O3S/c1-2-14(16-5-6-17(36-16)20(34)26-8-7-22(23,24)25)29-18-12(9-15-19(33)31-21(35)30-15)10-28-32(18)11-27-13-3-4-13/h2,5-6,9-10,13,27H,1,3-4,7-8,11H2,(H,26,34)(H2,30,31,33,35)/b15-9-,29-14?. The third-order valence-corrected chi connectivity index (χ3v) is 6.27. The molecule has 4 N–H and O–H groups in total. The molecule has 0 unspecified atom stereocenters. The normalized spacial score (nSPS) is 17.3. The van der Waals surface area contributed by atoms with E-state index in [0.29, 0.717) is 34.7 Å². The van der Waals surface area contributed by atoms with Gasteiger partial charge < -0.3 is 10.6 Å². The number of allylic oxidation sites excluding steroid dienone is 1. The molecule has 1 aliphatic carbocycles. The van der Waals surface area contributed by atoms with Crippen LogP contribution in [0.2, 0.25) is 0 Å². The number of alkyl halides is 3. The maximum Gasteiger partial charge on any atom is 0.390 e. The van der Waals surface area contributed by atoms with Gasteiger partial charge in [-0.25, -0.2) is 14.5 Å². The summed E-state index contributed by atoms with van der Waals surface area (Å²) in [6, 6.07) is 2.87. The number of amides is 4. The first-order valence-corrected chi connectivity index (χ1v) is 11.7. The van der Waals surface area contributed by atoms with E-state index in [0.717, 1.165) is 24.2 Å². The van der Waals surface area contributed by atoms with Crippen LogP contribution in [0, 0.1) is 0 Å². The van der Waals surface area contributed by atoms with Gasteiger partial charge in [0.1, 0.15) is 5.70 Å². The van der Waals surface area contributed by atoms with Gasteiger partial charge in [-0.1, -0.05) is 6.58 Å². The molecule has 1 saturated heterocycles. The molecule has 0 aromatic carbocycles. The number of thiophene rings is 1. The Bertz CT molecular complexity index is 1260. The van der Waals surface area contributed by atoms with Crippen molar-refractivity contribution in [2.45, 2.75) is 38.1 Å². The van der Waals surface area contributed by atoms with Crippen LogP contribution >= 0.6 is 11.3 Å². The van der Waals surface area contributed by atoms with E-state index in [9.17, 15) is 27.6 Å². The Balaban J connectivity index is 1.59. The summed E-state index contributed by atoms with van der Waals surface area (Å²) in [6.45, 7) is 3.62. The largest absolute Gasteiger partial charge is 0.390 e. The summed E-state index contributed by atoms with van der Waals surface area (Å²) in [7, 11) is 0. The molecule has 2 aromatic heterocycles. The van der Waals surface area contributed by atoms with Crippen molar-refractivity contribution in [1.82, 2.24) is 31.0 Å². The second kappa shape index (κ2) is 10.5. The lowest BCUT2D eigenvalue weighted by Gasteiger charge is -2.08. The summed E-state index contributed by atoms with van der Waals surface area (Å²) in [4.78, 5) is 41.1. The van der Waals surface area contributed by atoms with Crippen molar-refractivity contribution in [3.63, 3.8) is 0 Å². The molecule has 0 radical (unpaired) electrons. The third-order valence-electron chi connectivity index (χ3n) is 5.16. The number of urea groups is 1. The number of carbonyl (C=O) groups excluding carboxylic acids is 3. The van der Waals surface area contributed by atoms with Gasteiger partial charge in [0, 0.05) is 18.2 Å². The lowest BCUT2D eigenvalue weighted by atomic mass is 10.2. The summed E-state index contributed by atoms with van der Waals surface area (Å²) >= 11 is 1.05. The zero-order valence-electron chi connectivity index (χ0n) is 18.8. The molecule has 4 rings (SSSR count). The van der Waals surface area contributed by atoms with Crippen molar-refractivity contribution >= 4 is 46.8 Å². The van der Waals surface area contributed by atoms with Crippen LogP contribution in [-0.2, 0) is 11.5 Å². The molecule has 36 heavy (non-hydrogen) atoms. The molecule has 0 bridgehead atoms. The highest BCUT2D eigenvalue weighted by Gasteiger charge is 2.27. The van der Waals surface area contributed by atoms with E-state index in [-0.39, 0.29) is 10.6 Å². The first kappa shape index (κ1) is 25.3. The first-order chi connectivity index (χ1) is 17.1. The van der Waals surface area contributed by atoms with E-state index >= 15 is 0 Å². The Morgan fingerprint density at radius 3 is 2.67 bits per heavy atom. The molecule has 190 valence electrons. The fraction of sp³-hybridized carbons (Fsp3) is 0.318. The van der Waals surface area contributed by atoms with Crippen molar-refractivity contribution in [3.8, 4) is 0 Å². The minimum absolute atomic E-state index is 0.0419. The van der Waals surface area contributed by atoms with Crippen LogP contribution < -0.4 is 21.3 Å². The predicted molar refractivity (Wildman–Crippen MR) is 127 cm³/mol. The fourth-order valence-electron chi connectivity index (χ4n) is 3.19. The van der Waals surface area contributed by atoms with Crippen LogP contribution in [0.25, 0.3) is 6.08 Å². The summed E-state index contributed by atoms with van der Waals surface area (Å²) in [5.41, 5.74) is 0.892. The quantitative estimate of drug-likeness (QED) is 0.217. The van der Waals surface area contributed by atoms with Gasteiger partial charge in [-0.15, -0.1) is 11.3 Å². The minimum Gasteiger partial charge on any atom is -0.351 e. The summed E-state index contributed by atoms with van der Waals surface area (Å²) in [5.74, 6) is -0.822. The second-order valence-electron chi connectivity index (χ2n) is 8.01. The van der Waals surface area contributed by atoms with Crippen molar-refractivity contribution < 1.29 is 27.6 Å². The molecule has 0 spiro atoms. The van der Waals surface area contributed by atoms with E-state index in [4.69, 9.17) is 0 Å². The summed E-state index contributed by atoms with van der Waals surface area (Å²) < 4.78 is 38.6. The number of aliphatic imine (C=N–C) groups is 1. The second-order valence-corrected chi connectivity index (χ2v) is 9.10. The van der Waals surface area contributed by atoms with Crippen LogP contribution in [0.1, 0.15) is 39.4 Å². The first-order valence-electron chi connectivity index (χ1n) is 10.9. The van der Waals surface area contributed by atoms with Crippen molar-refractivity contribution in [1.29, 1.82) is 0 Å². The van der Waals surface area contributed by atoms with Gasteiger partial charge in [0.05, 0.1) is 34.8 Å². The number of rotatable bonds is 10. The lowest BCUT2D eigenvalue weighted by molar-refractivity contribution is -0.133. The molecule has 1 saturated carbocycles. The zero-order chi connectivity index (χ0) is 25.9. The van der Waals surface area contributed by atoms with Crippen molar-refractivity contribution in [2.75, 3.05) is 6.54 Å². The number of nitrogens with one attached hydrogen (secondary N) is 4. The topological polar surface area (TPSA) is 130 Å². The highest BCUT2D eigenvalue weighted by Crippen LogP contribution is 2.27. The Labute approximate surface area is 207 Å². The average Bonchev–Trinajstić information content (AvgIpc) is 3.22. The Morgan fingerprint density at radius 1 is 1.28 bits per heavy atom. The summed E-state index contributed by atoms with van der Waals surface area (Å²) in [5, 5.41) is 14.5. The number of carbonyl (C=O) groups is 3. The van der Waals surface area contributed by atoms with Gasteiger partial charge >= 0.3 is 12.2 Å². The molecule has 2 fully saturated rings. The van der Waals surface area contributed by atoms with Gasteiger partial charge in [-0.2, -0.15) is 18.3 Å². The lowest BCUT2D eigenvalue weighted by Crippen LogP contribution is -2.27. The number of hydrogen-bond acceptors (Lipinski definition) is 7. The predicted octanol–water partition coefficient (Wildman–Crippen LogP) is 2.82. The monoisotopic (exact) mass is 521 g/mol.